The van der Waals surface area contributed by atoms with Gasteiger partial charge in [0.2, 0.25) is 10.0 Å². The van der Waals surface area contributed by atoms with Crippen molar-refractivity contribution >= 4 is 15.9 Å². The Morgan fingerprint density at radius 1 is 1.29 bits per heavy atom. The lowest BCUT2D eigenvalue weighted by atomic mass is 10.2. The third-order valence-corrected chi connectivity index (χ3v) is 5.22. The molecule has 1 N–H and O–H groups in total. The van der Waals surface area contributed by atoms with Crippen molar-refractivity contribution in [2.75, 3.05) is 53.5 Å². The largest absolute Gasteiger partial charge is 0.378 e. The van der Waals surface area contributed by atoms with Crippen LogP contribution in [0.15, 0.2) is 29.2 Å². The summed E-state index contributed by atoms with van der Waals surface area (Å²) < 4.78 is 32.5. The molecule has 0 aromatic heterocycles. The molecule has 1 aromatic carbocycles. The molecule has 0 unspecified atom stereocenters. The minimum Gasteiger partial charge on any atom is -0.378 e. The van der Waals surface area contributed by atoms with Crippen LogP contribution in [0, 0.1) is 0 Å². The summed E-state index contributed by atoms with van der Waals surface area (Å²) in [5, 5.41) is 0. The highest BCUT2D eigenvalue weighted by molar-refractivity contribution is 7.89. The third-order valence-electron chi connectivity index (χ3n) is 3.76. The van der Waals surface area contributed by atoms with E-state index < -0.39 is 10.0 Å². The fourth-order valence-electron chi connectivity index (χ4n) is 2.43. The van der Waals surface area contributed by atoms with Crippen molar-refractivity contribution in [3.63, 3.8) is 0 Å². The van der Waals surface area contributed by atoms with Crippen LogP contribution in [0.2, 0.25) is 0 Å². The minimum absolute atomic E-state index is 0.117. The highest BCUT2D eigenvalue weighted by Gasteiger charge is 2.21. The van der Waals surface area contributed by atoms with E-state index in [-0.39, 0.29) is 10.8 Å². The van der Waals surface area contributed by atoms with Crippen LogP contribution in [-0.2, 0) is 14.8 Å². The molecule has 1 aromatic rings. The Kier molecular flexibility index (Phi) is 6.73. The molecule has 1 heterocycles. The van der Waals surface area contributed by atoms with Crippen LogP contribution in [0.1, 0.15) is 16.8 Å². The van der Waals surface area contributed by atoms with E-state index in [0.717, 1.165) is 13.0 Å². The van der Waals surface area contributed by atoms with Crippen molar-refractivity contribution in [3.8, 4) is 0 Å². The summed E-state index contributed by atoms with van der Waals surface area (Å²) in [6.45, 7) is 3.24. The number of nitrogens with one attached hydrogen (secondary N) is 1. The zero-order chi connectivity index (χ0) is 17.6. The van der Waals surface area contributed by atoms with E-state index in [9.17, 15) is 13.2 Å². The molecule has 134 valence electrons. The van der Waals surface area contributed by atoms with Crippen LogP contribution >= 0.6 is 0 Å². The van der Waals surface area contributed by atoms with Crippen LogP contribution < -0.4 is 4.72 Å². The summed E-state index contributed by atoms with van der Waals surface area (Å²) >= 11 is 0. The lowest BCUT2D eigenvalue weighted by Gasteiger charge is -2.27. The van der Waals surface area contributed by atoms with Crippen LogP contribution in [0.5, 0.6) is 0 Å². The number of nitrogens with zero attached hydrogens (tertiary/aromatic N) is 2. The average Bonchev–Trinajstić information content (AvgIpc) is 2.59. The molecule has 0 radical (unpaired) electrons. The molecule has 1 saturated heterocycles. The lowest BCUT2D eigenvalue weighted by molar-refractivity contribution is 0.0302. The number of morpholine rings is 1. The summed E-state index contributed by atoms with van der Waals surface area (Å²) in [5.74, 6) is -0.164. The molecule has 24 heavy (non-hydrogen) atoms. The molecule has 1 fully saturated rings. The smallest absolute Gasteiger partial charge is 0.254 e. The van der Waals surface area contributed by atoms with Crippen LogP contribution in [0.3, 0.4) is 0 Å². The topological polar surface area (TPSA) is 79.0 Å². The van der Waals surface area contributed by atoms with Crippen molar-refractivity contribution in [2.45, 2.75) is 11.3 Å². The van der Waals surface area contributed by atoms with Gasteiger partial charge in [0.15, 0.2) is 0 Å². The number of ether oxygens (including phenoxy) is 1. The summed E-state index contributed by atoms with van der Waals surface area (Å²) in [4.78, 5) is 16.3. The first kappa shape index (κ1) is 18.9. The van der Waals surface area contributed by atoms with Gasteiger partial charge < -0.3 is 14.5 Å². The van der Waals surface area contributed by atoms with Gasteiger partial charge in [0.1, 0.15) is 0 Å². The maximum Gasteiger partial charge on any atom is 0.254 e. The van der Waals surface area contributed by atoms with Crippen molar-refractivity contribution in [2.24, 2.45) is 0 Å². The highest BCUT2D eigenvalue weighted by atomic mass is 32.2. The van der Waals surface area contributed by atoms with E-state index in [1.807, 2.05) is 19.0 Å². The molecule has 2 rings (SSSR count). The van der Waals surface area contributed by atoms with Crippen molar-refractivity contribution in [1.29, 1.82) is 0 Å². The molecule has 0 spiro atoms. The summed E-state index contributed by atoms with van der Waals surface area (Å²) in [6, 6.07) is 6.18. The Hall–Kier alpha value is -1.48. The average molecular weight is 355 g/mol. The van der Waals surface area contributed by atoms with E-state index in [1.165, 1.54) is 12.1 Å². The lowest BCUT2D eigenvalue weighted by Crippen LogP contribution is -2.40. The summed E-state index contributed by atoms with van der Waals surface area (Å²) in [7, 11) is 0.270. The van der Waals surface area contributed by atoms with Gasteiger partial charge in [0.25, 0.3) is 5.91 Å². The second-order valence-electron chi connectivity index (χ2n) is 5.99. The molecule has 1 amide bonds. The van der Waals surface area contributed by atoms with Gasteiger partial charge in [-0.3, -0.25) is 4.79 Å². The second-order valence-corrected chi connectivity index (χ2v) is 7.75. The van der Waals surface area contributed by atoms with Gasteiger partial charge in [0.05, 0.1) is 18.1 Å². The number of hydrogen-bond donors (Lipinski definition) is 1. The first-order valence-electron chi connectivity index (χ1n) is 8.01. The molecule has 0 aliphatic carbocycles. The number of carbonyl (C=O) groups excluding carboxylic acids is 1. The number of benzene rings is 1. The van der Waals surface area contributed by atoms with Gasteiger partial charge in [-0.25, -0.2) is 13.1 Å². The van der Waals surface area contributed by atoms with E-state index in [1.54, 1.807) is 17.0 Å². The Morgan fingerprint density at radius 3 is 2.67 bits per heavy atom. The van der Waals surface area contributed by atoms with Gasteiger partial charge in [-0.15, -0.1) is 0 Å². The monoisotopic (exact) mass is 355 g/mol. The van der Waals surface area contributed by atoms with Gasteiger partial charge in [-0.1, -0.05) is 6.07 Å². The molecular weight excluding hydrogens is 330 g/mol. The minimum atomic E-state index is -3.61. The van der Waals surface area contributed by atoms with Crippen LogP contribution in [0.4, 0.5) is 0 Å². The Bertz CT molecular complexity index is 655. The number of rotatable bonds is 7. The first-order valence-corrected chi connectivity index (χ1v) is 9.50. The van der Waals surface area contributed by atoms with Crippen LogP contribution in [0.25, 0.3) is 0 Å². The quantitative estimate of drug-likeness (QED) is 0.716. The van der Waals surface area contributed by atoms with Crippen molar-refractivity contribution in [1.82, 2.24) is 14.5 Å². The summed E-state index contributed by atoms with van der Waals surface area (Å²) in [5.41, 5.74) is 0.382. The second kappa shape index (κ2) is 8.57. The van der Waals surface area contributed by atoms with E-state index >= 15 is 0 Å². The van der Waals surface area contributed by atoms with Gasteiger partial charge in [-0.05, 0) is 45.3 Å². The number of sulfonamides is 1. The highest BCUT2D eigenvalue weighted by Crippen LogP contribution is 2.14. The molecule has 0 atom stereocenters. The van der Waals surface area contributed by atoms with E-state index in [2.05, 4.69) is 4.72 Å². The normalized spacial score (nSPS) is 15.7. The molecule has 8 heteroatoms. The molecule has 1 aliphatic rings. The molecule has 0 saturated carbocycles. The molecule has 0 bridgehead atoms. The standard InChI is InChI=1S/C16H25N3O4S/c1-18(2)8-4-7-17-24(21,22)15-6-3-5-14(13-15)16(20)19-9-11-23-12-10-19/h3,5-6,13,17H,4,7-12H2,1-2H3. The van der Waals surface area contributed by atoms with Gasteiger partial charge in [0, 0.05) is 25.2 Å². The fourth-order valence-corrected chi connectivity index (χ4v) is 3.55. The molecular formula is C16H25N3O4S. The Balaban J connectivity index is 2.04. The predicted octanol–water partition coefficient (Wildman–Crippen LogP) is 0.389. The summed E-state index contributed by atoms with van der Waals surface area (Å²) in [6.07, 6.45) is 0.721. The van der Waals surface area contributed by atoms with Gasteiger partial charge >= 0.3 is 0 Å². The van der Waals surface area contributed by atoms with Gasteiger partial charge in [-0.2, -0.15) is 0 Å². The first-order chi connectivity index (χ1) is 11.4. The Morgan fingerprint density at radius 2 is 2.00 bits per heavy atom. The fraction of sp³-hybridized carbons (Fsp3) is 0.562. The van der Waals surface area contributed by atoms with Crippen molar-refractivity contribution in [3.05, 3.63) is 29.8 Å². The molecule has 1 aliphatic heterocycles. The van der Waals surface area contributed by atoms with E-state index in [4.69, 9.17) is 4.74 Å². The maximum atomic E-state index is 12.5. The number of hydrogen-bond acceptors (Lipinski definition) is 5. The zero-order valence-corrected chi connectivity index (χ0v) is 15.0. The Labute approximate surface area is 143 Å². The SMILES string of the molecule is CN(C)CCCNS(=O)(=O)c1cccc(C(=O)N2CCOCC2)c1. The number of carbonyl (C=O) groups is 1. The zero-order valence-electron chi connectivity index (χ0n) is 14.2. The predicted molar refractivity (Wildman–Crippen MR) is 91.5 cm³/mol. The van der Waals surface area contributed by atoms with Crippen molar-refractivity contribution < 1.29 is 17.9 Å². The number of amides is 1. The van der Waals surface area contributed by atoms with E-state index in [0.29, 0.717) is 38.4 Å². The maximum absolute atomic E-state index is 12.5. The van der Waals surface area contributed by atoms with Crippen LogP contribution in [-0.4, -0.2) is 77.6 Å². The molecule has 7 nitrogen and oxygen atoms in total. The third kappa shape index (κ3) is 5.27.